The first-order valence-electron chi connectivity index (χ1n) is 6.96. The van der Waals surface area contributed by atoms with Gasteiger partial charge in [-0.05, 0) is 25.1 Å². The number of methoxy groups -OCH3 is 1. The Kier molecular flexibility index (Phi) is 5.00. The number of aryl methyl sites for hydroxylation is 2. The first-order valence-corrected chi connectivity index (χ1v) is 7.33. The van der Waals surface area contributed by atoms with Gasteiger partial charge in [-0.3, -0.25) is 0 Å². The van der Waals surface area contributed by atoms with Crippen molar-refractivity contribution in [2.75, 3.05) is 36.7 Å². The first-order chi connectivity index (χ1) is 10.8. The summed E-state index contributed by atoms with van der Waals surface area (Å²) in [6.07, 6.45) is 0. The second-order valence-corrected chi connectivity index (χ2v) is 5.66. The fourth-order valence-electron chi connectivity index (χ4n) is 2.28. The zero-order chi connectivity index (χ0) is 17.1. The number of urea groups is 1. The molecule has 0 atom stereocenters. The van der Waals surface area contributed by atoms with Gasteiger partial charge in [-0.1, -0.05) is 11.6 Å². The minimum Gasteiger partial charge on any atom is -0.480 e. The Morgan fingerprint density at radius 1 is 1.35 bits per heavy atom. The molecule has 7 nitrogen and oxygen atoms in total. The fraction of sp³-hybridized carbons (Fsp3) is 0.333. The van der Waals surface area contributed by atoms with Gasteiger partial charge in [-0.25, -0.2) is 9.48 Å². The van der Waals surface area contributed by atoms with Crippen molar-refractivity contribution >= 4 is 34.7 Å². The highest BCUT2D eigenvalue weighted by Crippen LogP contribution is 2.30. The van der Waals surface area contributed by atoms with Gasteiger partial charge in [0.1, 0.15) is 5.69 Å². The molecule has 0 aliphatic carbocycles. The minimum absolute atomic E-state index is 0.398. The van der Waals surface area contributed by atoms with Crippen LogP contribution in [0.4, 0.5) is 21.9 Å². The van der Waals surface area contributed by atoms with Crippen molar-refractivity contribution in [2.45, 2.75) is 6.92 Å². The third-order valence-corrected chi connectivity index (χ3v) is 3.53. The van der Waals surface area contributed by atoms with Gasteiger partial charge in [0.25, 0.3) is 0 Å². The number of amides is 2. The Labute approximate surface area is 140 Å². The van der Waals surface area contributed by atoms with Crippen LogP contribution in [0.1, 0.15) is 5.69 Å². The molecule has 124 valence electrons. The molecule has 8 heteroatoms. The zero-order valence-electron chi connectivity index (χ0n) is 13.8. The van der Waals surface area contributed by atoms with E-state index in [4.69, 9.17) is 16.3 Å². The number of ether oxygens (including phenoxy) is 1. The molecular formula is C15H20ClN5O2. The monoisotopic (exact) mass is 337 g/mol. The van der Waals surface area contributed by atoms with Crippen LogP contribution in [-0.4, -0.2) is 37.0 Å². The van der Waals surface area contributed by atoms with Crippen molar-refractivity contribution in [1.82, 2.24) is 9.78 Å². The van der Waals surface area contributed by atoms with Crippen LogP contribution in [0.15, 0.2) is 18.2 Å². The zero-order valence-corrected chi connectivity index (χ0v) is 14.5. The quantitative estimate of drug-likeness (QED) is 0.899. The third kappa shape index (κ3) is 3.68. The van der Waals surface area contributed by atoms with Crippen molar-refractivity contribution in [3.63, 3.8) is 0 Å². The summed E-state index contributed by atoms with van der Waals surface area (Å²) in [5.74, 6) is 0.483. The van der Waals surface area contributed by atoms with Gasteiger partial charge in [0, 0.05) is 26.2 Å². The Morgan fingerprint density at radius 3 is 2.65 bits per heavy atom. The molecule has 2 N–H and O–H groups in total. The maximum absolute atomic E-state index is 12.3. The predicted molar refractivity (Wildman–Crippen MR) is 92.9 cm³/mol. The molecule has 0 fully saturated rings. The van der Waals surface area contributed by atoms with Gasteiger partial charge in [-0.2, -0.15) is 5.10 Å². The number of hydrogen-bond acceptors (Lipinski definition) is 4. The van der Waals surface area contributed by atoms with E-state index in [2.05, 4.69) is 15.7 Å². The highest BCUT2D eigenvalue weighted by Gasteiger charge is 2.17. The number of nitrogens with zero attached hydrogens (tertiary/aromatic N) is 3. The van der Waals surface area contributed by atoms with Crippen LogP contribution in [0, 0.1) is 6.92 Å². The van der Waals surface area contributed by atoms with E-state index in [-0.39, 0.29) is 0 Å². The van der Waals surface area contributed by atoms with Crippen LogP contribution in [0.3, 0.4) is 0 Å². The maximum atomic E-state index is 12.3. The SMILES string of the molecule is COc1c(NC(=O)Nc2cc(Cl)ccc2N(C)C)c(C)nn1C. The van der Waals surface area contributed by atoms with Crippen molar-refractivity contribution in [2.24, 2.45) is 7.05 Å². The van der Waals surface area contributed by atoms with E-state index < -0.39 is 6.03 Å². The summed E-state index contributed by atoms with van der Waals surface area (Å²) in [5.41, 5.74) is 2.65. The van der Waals surface area contributed by atoms with Gasteiger partial charge in [0.15, 0.2) is 0 Å². The van der Waals surface area contributed by atoms with E-state index in [1.165, 1.54) is 7.11 Å². The topological polar surface area (TPSA) is 71.4 Å². The van der Waals surface area contributed by atoms with Crippen LogP contribution in [0.5, 0.6) is 5.88 Å². The molecule has 2 rings (SSSR count). The molecule has 2 amide bonds. The van der Waals surface area contributed by atoms with Crippen molar-refractivity contribution in [3.05, 3.63) is 28.9 Å². The molecule has 2 aromatic rings. The second-order valence-electron chi connectivity index (χ2n) is 5.23. The molecular weight excluding hydrogens is 318 g/mol. The van der Waals surface area contributed by atoms with E-state index in [1.54, 1.807) is 30.8 Å². The van der Waals surface area contributed by atoms with Crippen LogP contribution in [0.25, 0.3) is 0 Å². The summed E-state index contributed by atoms with van der Waals surface area (Å²) in [7, 11) is 7.05. The highest BCUT2D eigenvalue weighted by atomic mass is 35.5. The summed E-state index contributed by atoms with van der Waals surface area (Å²) < 4.78 is 6.82. The number of aromatic nitrogens is 2. The number of carbonyl (C=O) groups excluding carboxylic acids is 1. The van der Waals surface area contributed by atoms with Crippen LogP contribution in [0.2, 0.25) is 5.02 Å². The van der Waals surface area contributed by atoms with Gasteiger partial charge >= 0.3 is 6.03 Å². The average Bonchev–Trinajstić information content (AvgIpc) is 2.72. The molecule has 0 aliphatic heterocycles. The van der Waals surface area contributed by atoms with Crippen molar-refractivity contribution in [3.8, 4) is 5.88 Å². The van der Waals surface area contributed by atoms with Crippen molar-refractivity contribution in [1.29, 1.82) is 0 Å². The number of carbonyl (C=O) groups is 1. The average molecular weight is 338 g/mol. The lowest BCUT2D eigenvalue weighted by atomic mass is 10.2. The number of benzene rings is 1. The van der Waals surface area contributed by atoms with Gasteiger partial charge < -0.3 is 20.3 Å². The molecule has 1 heterocycles. The second kappa shape index (κ2) is 6.78. The molecule has 1 aromatic heterocycles. The Balaban J connectivity index is 2.22. The molecule has 0 bridgehead atoms. The number of hydrogen-bond donors (Lipinski definition) is 2. The standard InChI is InChI=1S/C15H20ClN5O2/c1-9-13(14(23-5)21(4)19-9)18-15(22)17-11-8-10(16)6-7-12(11)20(2)3/h6-8H,1-5H3,(H2,17,18,22). The van der Waals surface area contributed by atoms with Gasteiger partial charge in [0.2, 0.25) is 5.88 Å². The molecule has 0 spiro atoms. The predicted octanol–water partition coefficient (Wildman–Crippen LogP) is 3.10. The molecule has 0 saturated heterocycles. The van der Waals surface area contributed by atoms with Crippen LogP contribution >= 0.6 is 11.6 Å². The number of nitrogens with one attached hydrogen (secondary N) is 2. The Hall–Kier alpha value is -2.41. The smallest absolute Gasteiger partial charge is 0.323 e. The van der Waals surface area contributed by atoms with Crippen molar-refractivity contribution < 1.29 is 9.53 Å². The summed E-state index contributed by atoms with van der Waals surface area (Å²) in [5, 5.41) is 10.3. The van der Waals surface area contributed by atoms with E-state index in [9.17, 15) is 4.79 Å². The normalized spacial score (nSPS) is 10.3. The lowest BCUT2D eigenvalue weighted by Crippen LogP contribution is -2.22. The number of rotatable bonds is 4. The first kappa shape index (κ1) is 17.0. The lowest BCUT2D eigenvalue weighted by molar-refractivity contribution is 0.262. The molecule has 0 unspecified atom stereocenters. The summed E-state index contributed by atoms with van der Waals surface area (Å²) in [6, 6.07) is 4.91. The Bertz CT molecular complexity index is 727. The molecule has 0 saturated carbocycles. The van der Waals surface area contributed by atoms with E-state index in [0.717, 1.165) is 5.69 Å². The third-order valence-electron chi connectivity index (χ3n) is 3.29. The molecule has 23 heavy (non-hydrogen) atoms. The largest absolute Gasteiger partial charge is 0.480 e. The van der Waals surface area contributed by atoms with E-state index in [0.29, 0.717) is 28.0 Å². The summed E-state index contributed by atoms with van der Waals surface area (Å²) >= 11 is 6.02. The highest BCUT2D eigenvalue weighted by molar-refractivity contribution is 6.31. The summed E-state index contributed by atoms with van der Waals surface area (Å²) in [4.78, 5) is 14.2. The number of halogens is 1. The van der Waals surface area contributed by atoms with E-state index >= 15 is 0 Å². The number of anilines is 3. The van der Waals surface area contributed by atoms with Gasteiger partial charge in [-0.15, -0.1) is 0 Å². The minimum atomic E-state index is -0.398. The lowest BCUT2D eigenvalue weighted by Gasteiger charge is -2.18. The van der Waals surface area contributed by atoms with Crippen LogP contribution in [-0.2, 0) is 7.05 Å². The fourth-order valence-corrected chi connectivity index (χ4v) is 2.45. The molecule has 0 radical (unpaired) electrons. The maximum Gasteiger partial charge on any atom is 0.323 e. The van der Waals surface area contributed by atoms with E-state index in [1.807, 2.05) is 25.1 Å². The molecule has 0 aliphatic rings. The summed E-state index contributed by atoms with van der Waals surface area (Å²) in [6.45, 7) is 1.79. The van der Waals surface area contributed by atoms with Crippen LogP contribution < -0.4 is 20.3 Å². The van der Waals surface area contributed by atoms with Gasteiger partial charge in [0.05, 0.1) is 24.2 Å². The molecule has 1 aromatic carbocycles. The Morgan fingerprint density at radius 2 is 2.04 bits per heavy atom.